The first-order chi connectivity index (χ1) is 6.82. The molecular weight excluding hydrogens is 224 g/mol. The SMILES string of the molecule is CC[S+](CC)C(O)(C(=O)[O-])C(O)C(=O)O. The Hall–Kier alpha value is -0.790. The highest BCUT2D eigenvalue weighted by atomic mass is 32.2. The number of aliphatic carboxylic acids is 2. The molecule has 0 rings (SSSR count). The molecule has 0 aromatic rings. The van der Waals surface area contributed by atoms with Gasteiger partial charge in [-0.1, -0.05) is 0 Å². The number of rotatable bonds is 6. The third-order valence-corrected chi connectivity index (χ3v) is 4.70. The van der Waals surface area contributed by atoms with Crippen molar-refractivity contribution in [1.82, 2.24) is 0 Å². The standard InChI is InChI=1S/C8H14O6S/c1-3-15(4-2)8(14,7(12)13)5(9)6(10)11/h5,9,14H,3-4H2,1-2H3,(H-,10,11,12,13). The van der Waals surface area contributed by atoms with Crippen LogP contribution < -0.4 is 5.11 Å². The minimum Gasteiger partial charge on any atom is -0.542 e. The van der Waals surface area contributed by atoms with E-state index in [9.17, 15) is 24.9 Å². The number of carboxylic acid groups (broad SMARTS) is 2. The van der Waals surface area contributed by atoms with Crippen molar-refractivity contribution in [2.45, 2.75) is 24.9 Å². The molecule has 0 saturated heterocycles. The Kier molecular flexibility index (Phi) is 5.06. The maximum atomic E-state index is 10.7. The van der Waals surface area contributed by atoms with Gasteiger partial charge in [0.1, 0.15) is 17.5 Å². The zero-order chi connectivity index (χ0) is 12.2. The van der Waals surface area contributed by atoms with E-state index in [0.29, 0.717) is 0 Å². The number of carbonyl (C=O) groups excluding carboxylic acids is 1. The highest BCUT2D eigenvalue weighted by molar-refractivity contribution is 7.98. The Balaban J connectivity index is 5.21. The van der Waals surface area contributed by atoms with Gasteiger partial charge in [0.25, 0.3) is 0 Å². The number of hydrogen-bond donors (Lipinski definition) is 3. The van der Waals surface area contributed by atoms with Gasteiger partial charge in [0.15, 0.2) is 0 Å². The van der Waals surface area contributed by atoms with E-state index in [0.717, 1.165) is 0 Å². The van der Waals surface area contributed by atoms with Crippen molar-refractivity contribution in [2.75, 3.05) is 11.5 Å². The van der Waals surface area contributed by atoms with Gasteiger partial charge in [-0.05, 0) is 13.8 Å². The molecule has 0 fully saturated rings. The van der Waals surface area contributed by atoms with E-state index in [1.165, 1.54) is 0 Å². The second-order valence-corrected chi connectivity index (χ2v) is 5.56. The summed E-state index contributed by atoms with van der Waals surface area (Å²) in [6, 6.07) is 0. The van der Waals surface area contributed by atoms with Crippen LogP contribution in [0.25, 0.3) is 0 Å². The van der Waals surface area contributed by atoms with E-state index < -0.39 is 33.9 Å². The van der Waals surface area contributed by atoms with Gasteiger partial charge in [0.05, 0.1) is 0 Å². The monoisotopic (exact) mass is 238 g/mol. The lowest BCUT2D eigenvalue weighted by molar-refractivity contribution is -0.321. The van der Waals surface area contributed by atoms with Crippen molar-refractivity contribution in [2.24, 2.45) is 0 Å². The molecule has 0 aromatic heterocycles. The lowest BCUT2D eigenvalue weighted by Gasteiger charge is -2.29. The molecular formula is C8H14O6S. The van der Waals surface area contributed by atoms with Crippen molar-refractivity contribution in [3.05, 3.63) is 0 Å². The van der Waals surface area contributed by atoms with Gasteiger partial charge < -0.3 is 25.2 Å². The second-order valence-electron chi connectivity index (χ2n) is 2.79. The lowest BCUT2D eigenvalue weighted by atomic mass is 10.2. The first-order valence-electron chi connectivity index (χ1n) is 4.34. The number of aliphatic hydroxyl groups is 2. The minimum absolute atomic E-state index is 0.255. The summed E-state index contributed by atoms with van der Waals surface area (Å²) in [4.78, 5) is 18.5. The predicted octanol–water partition coefficient (Wildman–Crippen LogP) is -2.47. The summed E-state index contributed by atoms with van der Waals surface area (Å²) in [5.74, 6) is -3.22. The summed E-state index contributed by atoms with van der Waals surface area (Å²) in [6.45, 7) is 3.21. The van der Waals surface area contributed by atoms with E-state index in [2.05, 4.69) is 0 Å². The van der Waals surface area contributed by atoms with Crippen LogP contribution in [0.3, 0.4) is 0 Å². The molecule has 0 radical (unpaired) electrons. The Morgan fingerprint density at radius 2 is 1.80 bits per heavy atom. The zero-order valence-electron chi connectivity index (χ0n) is 8.47. The van der Waals surface area contributed by atoms with Gasteiger partial charge >= 0.3 is 10.9 Å². The van der Waals surface area contributed by atoms with Crippen LogP contribution in [0.1, 0.15) is 13.8 Å². The number of carboxylic acids is 2. The van der Waals surface area contributed by atoms with Crippen molar-refractivity contribution in [1.29, 1.82) is 0 Å². The summed E-state index contributed by atoms with van der Waals surface area (Å²) < 4.78 is 0. The average Bonchev–Trinajstić information content (AvgIpc) is 2.17. The molecule has 0 amide bonds. The third-order valence-electron chi connectivity index (χ3n) is 2.03. The van der Waals surface area contributed by atoms with Gasteiger partial charge in [0.2, 0.25) is 6.10 Å². The van der Waals surface area contributed by atoms with Gasteiger partial charge in [-0.15, -0.1) is 0 Å². The largest absolute Gasteiger partial charge is 0.542 e. The molecule has 3 N–H and O–H groups in total. The van der Waals surface area contributed by atoms with E-state index in [1.807, 2.05) is 0 Å². The summed E-state index contributed by atoms with van der Waals surface area (Å²) >= 11 is 0. The van der Waals surface area contributed by atoms with Crippen molar-refractivity contribution in [3.8, 4) is 0 Å². The van der Waals surface area contributed by atoms with Crippen LogP contribution in [0.4, 0.5) is 0 Å². The zero-order valence-corrected chi connectivity index (χ0v) is 9.28. The first-order valence-corrected chi connectivity index (χ1v) is 5.90. The van der Waals surface area contributed by atoms with Crippen LogP contribution in [0.5, 0.6) is 0 Å². The molecule has 0 heterocycles. The summed E-state index contributed by atoms with van der Waals surface area (Å²) in [5.41, 5.74) is 0. The minimum atomic E-state index is -2.71. The molecule has 6 nitrogen and oxygen atoms in total. The highest BCUT2D eigenvalue weighted by Gasteiger charge is 2.55. The normalized spacial score (nSPS) is 17.1. The van der Waals surface area contributed by atoms with E-state index in [-0.39, 0.29) is 11.5 Å². The molecule has 0 saturated carbocycles. The molecule has 0 aliphatic heterocycles. The van der Waals surface area contributed by atoms with E-state index in [4.69, 9.17) is 5.11 Å². The molecule has 2 atom stereocenters. The van der Waals surface area contributed by atoms with Crippen molar-refractivity contribution >= 4 is 22.8 Å². The average molecular weight is 238 g/mol. The Morgan fingerprint density at radius 3 is 2.00 bits per heavy atom. The summed E-state index contributed by atoms with van der Waals surface area (Å²) in [5, 5.41) is 38.2. The van der Waals surface area contributed by atoms with E-state index in [1.54, 1.807) is 13.8 Å². The maximum Gasteiger partial charge on any atom is 0.341 e. The molecule has 0 aliphatic carbocycles. The molecule has 7 heteroatoms. The fourth-order valence-corrected chi connectivity index (χ4v) is 3.14. The molecule has 0 aliphatic rings. The van der Waals surface area contributed by atoms with Gasteiger partial charge in [-0.3, -0.25) is 0 Å². The molecule has 88 valence electrons. The topological polar surface area (TPSA) is 118 Å². The Labute approximate surface area is 89.9 Å². The Bertz CT molecular complexity index is 252. The number of aliphatic hydroxyl groups excluding tert-OH is 1. The molecule has 0 bridgehead atoms. The summed E-state index contributed by atoms with van der Waals surface area (Å²) in [7, 11) is -1.16. The number of hydrogen-bond acceptors (Lipinski definition) is 5. The van der Waals surface area contributed by atoms with Gasteiger partial charge in [-0.25, -0.2) is 4.79 Å². The van der Waals surface area contributed by atoms with Crippen LogP contribution in [0, 0.1) is 0 Å². The maximum absolute atomic E-state index is 10.7. The van der Waals surface area contributed by atoms with Crippen LogP contribution in [-0.4, -0.2) is 49.8 Å². The fourth-order valence-electron chi connectivity index (χ4n) is 1.20. The quantitative estimate of drug-likeness (QED) is 0.441. The lowest BCUT2D eigenvalue weighted by Crippen LogP contribution is -2.64. The van der Waals surface area contributed by atoms with Crippen LogP contribution in [0.15, 0.2) is 0 Å². The van der Waals surface area contributed by atoms with Crippen LogP contribution in [-0.2, 0) is 20.5 Å². The van der Waals surface area contributed by atoms with Crippen molar-refractivity contribution < 1.29 is 30.0 Å². The highest BCUT2D eigenvalue weighted by Crippen LogP contribution is 2.22. The first kappa shape index (κ1) is 14.2. The van der Waals surface area contributed by atoms with E-state index >= 15 is 0 Å². The van der Waals surface area contributed by atoms with Crippen molar-refractivity contribution in [3.63, 3.8) is 0 Å². The second kappa shape index (κ2) is 5.34. The molecule has 0 spiro atoms. The molecule has 15 heavy (non-hydrogen) atoms. The third kappa shape index (κ3) is 2.61. The molecule has 2 unspecified atom stereocenters. The number of carbonyl (C=O) groups is 2. The smallest absolute Gasteiger partial charge is 0.341 e. The summed E-state index contributed by atoms with van der Waals surface area (Å²) in [6.07, 6.45) is -2.37. The van der Waals surface area contributed by atoms with Gasteiger partial charge in [0, 0.05) is 10.9 Å². The Morgan fingerprint density at radius 1 is 1.40 bits per heavy atom. The molecule has 0 aromatic carbocycles. The van der Waals surface area contributed by atoms with Crippen LogP contribution >= 0.6 is 0 Å². The predicted molar refractivity (Wildman–Crippen MR) is 52.0 cm³/mol. The van der Waals surface area contributed by atoms with Crippen LogP contribution in [0.2, 0.25) is 0 Å². The van der Waals surface area contributed by atoms with Gasteiger partial charge in [-0.2, -0.15) is 0 Å². The fraction of sp³-hybridized carbons (Fsp3) is 0.750.